The molecule has 3 nitrogen and oxygen atoms in total. The van der Waals surface area contributed by atoms with E-state index in [1.807, 2.05) is 31.2 Å². The average Bonchev–Trinajstić information content (AvgIpc) is 3.19. The molecule has 1 N–H and O–H groups in total. The van der Waals surface area contributed by atoms with Crippen molar-refractivity contribution >= 4 is 17.5 Å². The lowest BCUT2D eigenvalue weighted by atomic mass is 10.1. The number of hydrogen-bond donors (Lipinski definition) is 1. The van der Waals surface area contributed by atoms with Gasteiger partial charge in [-0.05, 0) is 30.4 Å². The number of halogens is 1. The molecule has 4 heteroatoms. The first kappa shape index (κ1) is 13.9. The molecule has 2 rings (SSSR count). The summed E-state index contributed by atoms with van der Waals surface area (Å²) in [5.74, 6) is 0.146. The van der Waals surface area contributed by atoms with Gasteiger partial charge in [-0.3, -0.25) is 4.79 Å². The highest BCUT2D eigenvalue weighted by atomic mass is 35.5. The second-order valence-corrected chi connectivity index (χ2v) is 5.36. The SMILES string of the molecule is CCC[C@H](C#N)NC(=O)[C@H]1C[C@@H]1c1ccccc1Cl. The lowest BCUT2D eigenvalue weighted by Gasteiger charge is -2.10. The van der Waals surface area contributed by atoms with Gasteiger partial charge in [0.2, 0.25) is 5.91 Å². The number of carbonyl (C=O) groups excluding carboxylic acids is 1. The molecule has 0 unspecified atom stereocenters. The molecule has 1 amide bonds. The van der Waals surface area contributed by atoms with Crippen LogP contribution >= 0.6 is 11.6 Å². The van der Waals surface area contributed by atoms with Crippen LogP contribution in [0, 0.1) is 17.2 Å². The lowest BCUT2D eigenvalue weighted by molar-refractivity contribution is -0.122. The van der Waals surface area contributed by atoms with Gasteiger partial charge < -0.3 is 5.32 Å². The van der Waals surface area contributed by atoms with E-state index in [0.29, 0.717) is 11.4 Å². The maximum atomic E-state index is 12.0. The van der Waals surface area contributed by atoms with Crippen LogP contribution in [0.15, 0.2) is 24.3 Å². The normalized spacial score (nSPS) is 22.4. The van der Waals surface area contributed by atoms with E-state index < -0.39 is 0 Å². The smallest absolute Gasteiger partial charge is 0.224 e. The lowest BCUT2D eigenvalue weighted by Crippen LogP contribution is -2.35. The zero-order chi connectivity index (χ0) is 13.8. The number of carbonyl (C=O) groups is 1. The second kappa shape index (κ2) is 6.08. The van der Waals surface area contributed by atoms with Crippen LogP contribution in [0.1, 0.15) is 37.7 Å². The summed E-state index contributed by atoms with van der Waals surface area (Å²) < 4.78 is 0. The quantitative estimate of drug-likeness (QED) is 0.897. The molecule has 1 aromatic carbocycles. The summed E-state index contributed by atoms with van der Waals surface area (Å²) in [5.41, 5.74) is 1.04. The van der Waals surface area contributed by atoms with Crippen molar-refractivity contribution in [1.29, 1.82) is 5.26 Å². The highest BCUT2D eigenvalue weighted by Crippen LogP contribution is 2.49. The Balaban J connectivity index is 1.94. The molecule has 0 saturated heterocycles. The van der Waals surface area contributed by atoms with Crippen molar-refractivity contribution in [2.24, 2.45) is 5.92 Å². The highest BCUT2D eigenvalue weighted by Gasteiger charge is 2.45. The molecule has 0 aromatic heterocycles. The Morgan fingerprint density at radius 1 is 1.58 bits per heavy atom. The predicted molar refractivity (Wildman–Crippen MR) is 74.8 cm³/mol. The minimum absolute atomic E-state index is 0.0232. The molecular weight excluding hydrogens is 260 g/mol. The standard InChI is InChI=1S/C15H17ClN2O/c1-2-5-10(9-17)18-15(19)13-8-12(13)11-6-3-4-7-14(11)16/h3-4,6-7,10,12-13H,2,5,8H2,1H3,(H,18,19)/t10-,12-,13+/m1/s1. The largest absolute Gasteiger partial charge is 0.340 e. The topological polar surface area (TPSA) is 52.9 Å². The van der Waals surface area contributed by atoms with Crippen molar-refractivity contribution in [2.45, 2.75) is 38.1 Å². The molecule has 0 heterocycles. The third kappa shape index (κ3) is 3.27. The summed E-state index contributed by atoms with van der Waals surface area (Å²) in [6.07, 6.45) is 2.41. The molecule has 1 aromatic rings. The Labute approximate surface area is 118 Å². The van der Waals surface area contributed by atoms with Gasteiger partial charge in [-0.1, -0.05) is 43.1 Å². The van der Waals surface area contributed by atoms with Gasteiger partial charge in [-0.25, -0.2) is 0 Å². The second-order valence-electron chi connectivity index (χ2n) is 4.95. The molecule has 3 atom stereocenters. The molecular formula is C15H17ClN2O. The van der Waals surface area contributed by atoms with Crippen molar-refractivity contribution in [3.63, 3.8) is 0 Å². The van der Waals surface area contributed by atoms with Crippen LogP contribution in [-0.4, -0.2) is 11.9 Å². The fourth-order valence-electron chi connectivity index (χ4n) is 2.34. The zero-order valence-electron chi connectivity index (χ0n) is 10.9. The number of rotatable bonds is 5. The molecule has 1 aliphatic rings. The minimum atomic E-state index is -0.370. The third-order valence-electron chi connectivity index (χ3n) is 3.48. The van der Waals surface area contributed by atoms with E-state index in [0.717, 1.165) is 18.4 Å². The molecule has 100 valence electrons. The average molecular weight is 277 g/mol. The molecule has 0 aliphatic heterocycles. The molecule has 1 fully saturated rings. The van der Waals surface area contributed by atoms with Crippen LogP contribution in [0.2, 0.25) is 5.02 Å². The molecule has 1 aliphatic carbocycles. The monoisotopic (exact) mass is 276 g/mol. The van der Waals surface area contributed by atoms with E-state index in [2.05, 4.69) is 11.4 Å². The van der Waals surface area contributed by atoms with Crippen molar-refractivity contribution < 1.29 is 4.79 Å². The Morgan fingerprint density at radius 3 is 2.95 bits per heavy atom. The number of nitriles is 1. The Bertz CT molecular complexity index is 509. The minimum Gasteiger partial charge on any atom is -0.340 e. The number of nitrogens with one attached hydrogen (secondary N) is 1. The van der Waals surface area contributed by atoms with Gasteiger partial charge in [0.05, 0.1) is 6.07 Å². The molecule has 0 radical (unpaired) electrons. The summed E-state index contributed by atoms with van der Waals surface area (Å²) in [5, 5.41) is 12.5. The molecule has 19 heavy (non-hydrogen) atoms. The summed E-state index contributed by atoms with van der Waals surface area (Å²) in [6.45, 7) is 2.00. The van der Waals surface area contributed by atoms with Crippen molar-refractivity contribution in [2.75, 3.05) is 0 Å². The summed E-state index contributed by atoms with van der Waals surface area (Å²) in [4.78, 5) is 12.0. The molecule has 0 spiro atoms. The number of nitrogens with zero attached hydrogens (tertiary/aromatic N) is 1. The first-order chi connectivity index (χ1) is 9.17. The van der Waals surface area contributed by atoms with Gasteiger partial charge in [-0.2, -0.15) is 5.26 Å². The van der Waals surface area contributed by atoms with E-state index in [4.69, 9.17) is 16.9 Å². The van der Waals surface area contributed by atoms with Crippen LogP contribution in [0.5, 0.6) is 0 Å². The summed E-state index contributed by atoms with van der Waals surface area (Å²) >= 11 is 6.13. The Morgan fingerprint density at radius 2 is 2.32 bits per heavy atom. The number of hydrogen-bond acceptors (Lipinski definition) is 2. The van der Waals surface area contributed by atoms with Gasteiger partial charge in [0, 0.05) is 10.9 Å². The van der Waals surface area contributed by atoms with E-state index in [1.165, 1.54) is 0 Å². The van der Waals surface area contributed by atoms with Crippen LogP contribution in [-0.2, 0) is 4.79 Å². The summed E-state index contributed by atoms with van der Waals surface area (Å²) in [6, 6.07) is 9.39. The predicted octanol–water partition coefficient (Wildman–Crippen LogP) is 3.25. The van der Waals surface area contributed by atoms with Crippen LogP contribution in [0.4, 0.5) is 0 Å². The Hall–Kier alpha value is -1.53. The van der Waals surface area contributed by atoms with Crippen molar-refractivity contribution in [1.82, 2.24) is 5.32 Å². The van der Waals surface area contributed by atoms with E-state index in [-0.39, 0.29) is 23.8 Å². The van der Waals surface area contributed by atoms with E-state index >= 15 is 0 Å². The first-order valence-corrected chi connectivity index (χ1v) is 6.99. The van der Waals surface area contributed by atoms with Crippen molar-refractivity contribution in [3.05, 3.63) is 34.9 Å². The Kier molecular flexibility index (Phi) is 4.44. The molecule has 0 bridgehead atoms. The maximum Gasteiger partial charge on any atom is 0.224 e. The van der Waals surface area contributed by atoms with Gasteiger partial charge in [0.25, 0.3) is 0 Å². The zero-order valence-corrected chi connectivity index (χ0v) is 11.7. The maximum absolute atomic E-state index is 12.0. The summed E-state index contributed by atoms with van der Waals surface area (Å²) in [7, 11) is 0. The van der Waals surface area contributed by atoms with Crippen LogP contribution in [0.25, 0.3) is 0 Å². The van der Waals surface area contributed by atoms with Crippen LogP contribution in [0.3, 0.4) is 0 Å². The van der Waals surface area contributed by atoms with Crippen molar-refractivity contribution in [3.8, 4) is 6.07 Å². The van der Waals surface area contributed by atoms with Gasteiger partial charge >= 0.3 is 0 Å². The fourth-order valence-corrected chi connectivity index (χ4v) is 2.62. The van der Waals surface area contributed by atoms with E-state index in [1.54, 1.807) is 0 Å². The number of benzene rings is 1. The van der Waals surface area contributed by atoms with Gasteiger partial charge in [-0.15, -0.1) is 0 Å². The third-order valence-corrected chi connectivity index (χ3v) is 3.83. The fraction of sp³-hybridized carbons (Fsp3) is 0.467. The molecule has 1 saturated carbocycles. The van der Waals surface area contributed by atoms with E-state index in [9.17, 15) is 4.79 Å². The number of amides is 1. The van der Waals surface area contributed by atoms with Crippen LogP contribution < -0.4 is 5.32 Å². The highest BCUT2D eigenvalue weighted by molar-refractivity contribution is 6.31. The van der Waals surface area contributed by atoms with Gasteiger partial charge in [0.15, 0.2) is 0 Å². The van der Waals surface area contributed by atoms with Gasteiger partial charge in [0.1, 0.15) is 6.04 Å². The first-order valence-electron chi connectivity index (χ1n) is 6.61.